The molecule has 2 atom stereocenters. The maximum absolute atomic E-state index is 12.2. The van der Waals surface area contributed by atoms with Crippen LogP contribution in [-0.2, 0) is 0 Å². The van der Waals surface area contributed by atoms with Crippen LogP contribution in [0.3, 0.4) is 0 Å². The van der Waals surface area contributed by atoms with E-state index < -0.39 is 6.10 Å². The summed E-state index contributed by atoms with van der Waals surface area (Å²) >= 11 is 0. The van der Waals surface area contributed by atoms with Gasteiger partial charge in [0.25, 0.3) is 0 Å². The third-order valence-corrected chi connectivity index (χ3v) is 3.60. The predicted molar refractivity (Wildman–Crippen MR) is 88.8 cm³/mol. The SMILES string of the molecule is CC(C)(C)C(NC(=O)NCC(O)c1ccco1)c1ccccc1. The van der Waals surface area contributed by atoms with Crippen molar-refractivity contribution in [3.63, 3.8) is 0 Å². The second-order valence-corrected chi connectivity index (χ2v) is 6.60. The highest BCUT2D eigenvalue weighted by Crippen LogP contribution is 2.32. The molecular weight excluding hydrogens is 292 g/mol. The topological polar surface area (TPSA) is 74.5 Å². The van der Waals surface area contributed by atoms with Gasteiger partial charge in [0.1, 0.15) is 11.9 Å². The number of carbonyl (C=O) groups excluding carboxylic acids is 1. The average Bonchev–Trinajstić information content (AvgIpc) is 3.04. The molecule has 0 bridgehead atoms. The van der Waals surface area contributed by atoms with Crippen LogP contribution in [0.2, 0.25) is 0 Å². The van der Waals surface area contributed by atoms with E-state index >= 15 is 0 Å². The van der Waals surface area contributed by atoms with Crippen LogP contribution in [-0.4, -0.2) is 17.7 Å². The fourth-order valence-electron chi connectivity index (χ4n) is 2.40. The van der Waals surface area contributed by atoms with Gasteiger partial charge in [-0.15, -0.1) is 0 Å². The lowest BCUT2D eigenvalue weighted by Gasteiger charge is -2.32. The van der Waals surface area contributed by atoms with E-state index in [0.717, 1.165) is 5.56 Å². The van der Waals surface area contributed by atoms with Crippen LogP contribution in [0, 0.1) is 5.41 Å². The van der Waals surface area contributed by atoms with Crippen LogP contribution in [0.5, 0.6) is 0 Å². The molecule has 1 aromatic carbocycles. The van der Waals surface area contributed by atoms with Crippen molar-refractivity contribution in [3.05, 3.63) is 60.1 Å². The smallest absolute Gasteiger partial charge is 0.315 e. The van der Waals surface area contributed by atoms with Gasteiger partial charge in [0.2, 0.25) is 0 Å². The molecule has 0 aliphatic heterocycles. The highest BCUT2D eigenvalue weighted by Gasteiger charge is 2.27. The first-order chi connectivity index (χ1) is 10.9. The van der Waals surface area contributed by atoms with E-state index in [9.17, 15) is 9.90 Å². The van der Waals surface area contributed by atoms with E-state index in [2.05, 4.69) is 31.4 Å². The monoisotopic (exact) mass is 316 g/mol. The van der Waals surface area contributed by atoms with Crippen molar-refractivity contribution >= 4 is 6.03 Å². The number of amides is 2. The summed E-state index contributed by atoms with van der Waals surface area (Å²) in [7, 11) is 0. The van der Waals surface area contributed by atoms with Crippen molar-refractivity contribution in [2.45, 2.75) is 32.9 Å². The van der Waals surface area contributed by atoms with Crippen molar-refractivity contribution in [1.82, 2.24) is 10.6 Å². The first kappa shape index (κ1) is 17.1. The van der Waals surface area contributed by atoms with Gasteiger partial charge in [0.15, 0.2) is 0 Å². The van der Waals surface area contributed by atoms with Gasteiger partial charge in [0.05, 0.1) is 18.8 Å². The Morgan fingerprint density at radius 1 is 1.17 bits per heavy atom. The van der Waals surface area contributed by atoms with Crippen LogP contribution in [0.15, 0.2) is 53.1 Å². The zero-order valence-corrected chi connectivity index (χ0v) is 13.7. The first-order valence-corrected chi connectivity index (χ1v) is 7.68. The molecule has 124 valence electrons. The van der Waals surface area contributed by atoms with Crippen molar-refractivity contribution in [3.8, 4) is 0 Å². The fraction of sp³-hybridized carbons (Fsp3) is 0.389. The number of benzene rings is 1. The molecule has 0 aliphatic carbocycles. The molecular formula is C18H24N2O3. The summed E-state index contributed by atoms with van der Waals surface area (Å²) in [5.74, 6) is 0.431. The minimum Gasteiger partial charge on any atom is -0.467 e. The van der Waals surface area contributed by atoms with Crippen molar-refractivity contribution in [1.29, 1.82) is 0 Å². The number of hydrogen-bond donors (Lipinski definition) is 3. The van der Waals surface area contributed by atoms with Crippen molar-refractivity contribution < 1.29 is 14.3 Å². The van der Waals surface area contributed by atoms with E-state index in [-0.39, 0.29) is 24.0 Å². The summed E-state index contributed by atoms with van der Waals surface area (Å²) in [5.41, 5.74) is 0.903. The average molecular weight is 316 g/mol. The Labute approximate surface area is 136 Å². The molecule has 0 fully saturated rings. The van der Waals surface area contributed by atoms with Crippen LogP contribution < -0.4 is 10.6 Å². The maximum atomic E-state index is 12.2. The minimum absolute atomic E-state index is 0.0883. The van der Waals surface area contributed by atoms with E-state index in [0.29, 0.717) is 5.76 Å². The molecule has 23 heavy (non-hydrogen) atoms. The summed E-state index contributed by atoms with van der Waals surface area (Å²) in [5, 5.41) is 15.6. The first-order valence-electron chi connectivity index (χ1n) is 7.68. The number of aliphatic hydroxyl groups is 1. The lowest BCUT2D eigenvalue weighted by Crippen LogP contribution is -2.43. The Bertz CT molecular complexity index is 603. The van der Waals surface area contributed by atoms with E-state index in [1.807, 2.05) is 30.3 Å². The molecule has 5 nitrogen and oxygen atoms in total. The zero-order valence-electron chi connectivity index (χ0n) is 13.7. The molecule has 0 radical (unpaired) electrons. The molecule has 2 aromatic rings. The number of hydrogen-bond acceptors (Lipinski definition) is 3. The molecule has 0 saturated carbocycles. The number of aliphatic hydroxyl groups excluding tert-OH is 1. The van der Waals surface area contributed by atoms with Crippen LogP contribution in [0.4, 0.5) is 4.79 Å². The normalized spacial score (nSPS) is 14.1. The molecule has 2 amide bonds. The van der Waals surface area contributed by atoms with Gasteiger partial charge in [-0.2, -0.15) is 0 Å². The molecule has 2 rings (SSSR count). The highest BCUT2D eigenvalue weighted by atomic mass is 16.4. The van der Waals surface area contributed by atoms with Crippen LogP contribution in [0.1, 0.15) is 44.2 Å². The molecule has 1 aromatic heterocycles. The molecule has 3 N–H and O–H groups in total. The van der Waals surface area contributed by atoms with E-state index in [4.69, 9.17) is 4.42 Å². The second-order valence-electron chi connectivity index (χ2n) is 6.60. The predicted octanol–water partition coefficient (Wildman–Crippen LogP) is 3.40. The molecule has 2 unspecified atom stereocenters. The molecule has 0 spiro atoms. The Balaban J connectivity index is 1.96. The Hall–Kier alpha value is -2.27. The Morgan fingerprint density at radius 2 is 1.87 bits per heavy atom. The number of furan rings is 1. The third kappa shape index (κ3) is 4.86. The minimum atomic E-state index is -0.861. The standard InChI is InChI=1S/C18H24N2O3/c1-18(2,3)16(13-8-5-4-6-9-13)20-17(22)19-12-14(21)15-10-7-11-23-15/h4-11,14,16,21H,12H2,1-3H3,(H2,19,20,22). The van der Waals surface area contributed by atoms with Gasteiger partial charge >= 0.3 is 6.03 Å². The lowest BCUT2D eigenvalue weighted by atomic mass is 9.82. The van der Waals surface area contributed by atoms with Gasteiger partial charge in [-0.3, -0.25) is 0 Å². The van der Waals surface area contributed by atoms with Gasteiger partial charge in [0, 0.05) is 0 Å². The lowest BCUT2D eigenvalue weighted by molar-refractivity contribution is 0.146. The fourth-order valence-corrected chi connectivity index (χ4v) is 2.40. The van der Waals surface area contributed by atoms with Gasteiger partial charge in [-0.1, -0.05) is 51.1 Å². The summed E-state index contributed by atoms with van der Waals surface area (Å²) in [4.78, 5) is 12.2. The molecule has 0 saturated heterocycles. The van der Waals surface area contributed by atoms with Gasteiger partial charge in [-0.25, -0.2) is 4.79 Å². The summed E-state index contributed by atoms with van der Waals surface area (Å²) < 4.78 is 5.11. The largest absolute Gasteiger partial charge is 0.467 e. The van der Waals surface area contributed by atoms with Crippen molar-refractivity contribution in [2.75, 3.05) is 6.54 Å². The van der Waals surface area contributed by atoms with Crippen LogP contribution >= 0.6 is 0 Å². The highest BCUT2D eigenvalue weighted by molar-refractivity contribution is 5.74. The van der Waals surface area contributed by atoms with Gasteiger partial charge in [-0.05, 0) is 23.1 Å². The third-order valence-electron chi connectivity index (χ3n) is 3.60. The Morgan fingerprint density at radius 3 is 2.43 bits per heavy atom. The summed E-state index contributed by atoms with van der Waals surface area (Å²) in [6, 6.07) is 12.8. The van der Waals surface area contributed by atoms with E-state index in [1.165, 1.54) is 6.26 Å². The number of carbonyl (C=O) groups is 1. The summed E-state index contributed by atoms with van der Waals surface area (Å²) in [6.07, 6.45) is 0.629. The number of urea groups is 1. The second kappa shape index (κ2) is 7.33. The Kier molecular flexibility index (Phi) is 5.45. The molecule has 1 heterocycles. The zero-order chi connectivity index (χ0) is 16.9. The molecule has 5 heteroatoms. The quantitative estimate of drug-likeness (QED) is 0.791. The van der Waals surface area contributed by atoms with Crippen LogP contribution in [0.25, 0.3) is 0 Å². The van der Waals surface area contributed by atoms with E-state index in [1.54, 1.807) is 12.1 Å². The summed E-state index contributed by atoms with van der Waals surface area (Å²) in [6.45, 7) is 6.30. The van der Waals surface area contributed by atoms with Gasteiger partial charge < -0.3 is 20.2 Å². The molecule has 0 aliphatic rings. The number of nitrogens with one attached hydrogen (secondary N) is 2. The van der Waals surface area contributed by atoms with Crippen molar-refractivity contribution in [2.24, 2.45) is 5.41 Å². The maximum Gasteiger partial charge on any atom is 0.315 e. The number of rotatable bonds is 5.